The van der Waals surface area contributed by atoms with Crippen molar-refractivity contribution in [1.82, 2.24) is 10.5 Å². The first-order valence-electron chi connectivity index (χ1n) is 5.98. The zero-order valence-electron chi connectivity index (χ0n) is 10.8. The van der Waals surface area contributed by atoms with Crippen molar-refractivity contribution in [3.05, 3.63) is 47.3 Å². The van der Waals surface area contributed by atoms with Crippen molar-refractivity contribution in [1.29, 1.82) is 0 Å². The monoisotopic (exact) mass is 309 g/mol. The van der Waals surface area contributed by atoms with Crippen molar-refractivity contribution in [2.75, 3.05) is 11.4 Å². The number of anilines is 1. The first kappa shape index (κ1) is 14.9. The van der Waals surface area contributed by atoms with Crippen LogP contribution in [0.5, 0.6) is 0 Å². The van der Waals surface area contributed by atoms with E-state index in [1.165, 1.54) is 12.3 Å². The number of carbonyl (C=O) groups is 2. The van der Waals surface area contributed by atoms with Crippen molar-refractivity contribution in [2.24, 2.45) is 0 Å². The lowest BCUT2D eigenvalue weighted by Crippen LogP contribution is -2.42. The lowest BCUT2D eigenvalue weighted by molar-refractivity contribution is -0.135. The fourth-order valence-corrected chi connectivity index (χ4v) is 1.84. The van der Waals surface area contributed by atoms with Crippen molar-refractivity contribution < 1.29 is 19.2 Å². The lowest BCUT2D eigenvalue weighted by atomic mass is 10.3. The van der Waals surface area contributed by atoms with Crippen molar-refractivity contribution >= 4 is 29.3 Å². The number of carboxylic acid groups (broad SMARTS) is 1. The molecule has 0 unspecified atom stereocenters. The number of amides is 2. The minimum atomic E-state index is -1.13. The Hall–Kier alpha value is -2.54. The molecule has 21 heavy (non-hydrogen) atoms. The van der Waals surface area contributed by atoms with Gasteiger partial charge in [0.05, 0.1) is 12.7 Å². The molecule has 110 valence electrons. The molecule has 0 radical (unpaired) electrons. The quantitative estimate of drug-likeness (QED) is 0.882. The molecule has 0 fully saturated rings. The Morgan fingerprint density at radius 2 is 2.19 bits per heavy atom. The SMILES string of the molecule is O=C(O)CN(C(=O)NCc1ccno1)c1cccc(Cl)c1. The van der Waals surface area contributed by atoms with Crippen LogP contribution in [0, 0.1) is 0 Å². The van der Waals surface area contributed by atoms with Crippen LogP contribution in [0.3, 0.4) is 0 Å². The van der Waals surface area contributed by atoms with E-state index < -0.39 is 18.5 Å². The predicted molar refractivity (Wildman–Crippen MR) is 75.2 cm³/mol. The largest absolute Gasteiger partial charge is 0.480 e. The normalized spacial score (nSPS) is 10.1. The summed E-state index contributed by atoms with van der Waals surface area (Å²) in [6, 6.07) is 7.41. The average Bonchev–Trinajstić information content (AvgIpc) is 2.95. The molecule has 0 spiro atoms. The van der Waals surface area contributed by atoms with Gasteiger partial charge in [-0.15, -0.1) is 0 Å². The van der Waals surface area contributed by atoms with Gasteiger partial charge in [0.2, 0.25) is 0 Å². The highest BCUT2D eigenvalue weighted by Crippen LogP contribution is 2.19. The van der Waals surface area contributed by atoms with E-state index in [2.05, 4.69) is 10.5 Å². The van der Waals surface area contributed by atoms with Crippen LogP contribution in [0.4, 0.5) is 10.5 Å². The number of rotatable bonds is 5. The number of carbonyl (C=O) groups excluding carboxylic acids is 1. The summed E-state index contributed by atoms with van der Waals surface area (Å²) in [6.45, 7) is -0.377. The summed E-state index contributed by atoms with van der Waals surface area (Å²) in [7, 11) is 0. The van der Waals surface area contributed by atoms with Gasteiger partial charge in [0.15, 0.2) is 5.76 Å². The molecule has 0 aliphatic carbocycles. The molecule has 0 aliphatic rings. The lowest BCUT2D eigenvalue weighted by Gasteiger charge is -2.21. The maximum Gasteiger partial charge on any atom is 0.323 e. The Morgan fingerprint density at radius 1 is 1.38 bits per heavy atom. The molecule has 0 aliphatic heterocycles. The Kier molecular flexibility index (Phi) is 4.78. The minimum Gasteiger partial charge on any atom is -0.480 e. The number of urea groups is 1. The molecule has 7 nitrogen and oxygen atoms in total. The van der Waals surface area contributed by atoms with Gasteiger partial charge in [-0.1, -0.05) is 22.8 Å². The topological polar surface area (TPSA) is 95.7 Å². The molecule has 2 aromatic rings. The Balaban J connectivity index is 2.11. The smallest absolute Gasteiger partial charge is 0.323 e. The number of hydrogen-bond acceptors (Lipinski definition) is 4. The summed E-state index contributed by atoms with van der Waals surface area (Å²) in [5, 5.41) is 15.4. The molecule has 0 atom stereocenters. The second-order valence-electron chi connectivity index (χ2n) is 4.10. The second-order valence-corrected chi connectivity index (χ2v) is 4.53. The standard InChI is InChI=1S/C13H12ClN3O4/c14-9-2-1-3-10(6-9)17(8-12(18)19)13(20)15-7-11-4-5-16-21-11/h1-6H,7-8H2,(H,15,20)(H,18,19). The van der Waals surface area contributed by atoms with E-state index >= 15 is 0 Å². The molecule has 0 saturated heterocycles. The van der Waals surface area contributed by atoms with E-state index in [4.69, 9.17) is 21.2 Å². The van der Waals surface area contributed by atoms with Crippen LogP contribution in [-0.2, 0) is 11.3 Å². The fraction of sp³-hybridized carbons (Fsp3) is 0.154. The number of aromatic nitrogens is 1. The van der Waals surface area contributed by atoms with Gasteiger partial charge in [-0.05, 0) is 18.2 Å². The summed E-state index contributed by atoms with van der Waals surface area (Å²) in [5.74, 6) is -0.672. The van der Waals surface area contributed by atoms with Crippen LogP contribution < -0.4 is 10.2 Å². The van der Waals surface area contributed by atoms with E-state index in [1.54, 1.807) is 24.3 Å². The van der Waals surface area contributed by atoms with Crippen LogP contribution >= 0.6 is 11.6 Å². The van der Waals surface area contributed by atoms with Gasteiger partial charge in [-0.2, -0.15) is 0 Å². The molecular weight excluding hydrogens is 298 g/mol. The summed E-state index contributed by atoms with van der Waals surface area (Å²) >= 11 is 5.86. The number of hydrogen-bond donors (Lipinski definition) is 2. The van der Waals surface area contributed by atoms with E-state index in [0.29, 0.717) is 16.5 Å². The number of halogens is 1. The van der Waals surface area contributed by atoms with Crippen LogP contribution in [-0.4, -0.2) is 28.8 Å². The molecule has 1 aromatic heterocycles. The first-order valence-corrected chi connectivity index (χ1v) is 6.36. The zero-order chi connectivity index (χ0) is 15.2. The van der Waals surface area contributed by atoms with Gasteiger partial charge in [-0.25, -0.2) is 4.79 Å². The third kappa shape index (κ3) is 4.22. The maximum atomic E-state index is 12.1. The van der Waals surface area contributed by atoms with E-state index in [1.807, 2.05) is 0 Å². The van der Waals surface area contributed by atoms with Gasteiger partial charge < -0.3 is 14.9 Å². The molecule has 2 rings (SSSR count). The highest BCUT2D eigenvalue weighted by Gasteiger charge is 2.19. The van der Waals surface area contributed by atoms with Gasteiger partial charge >= 0.3 is 12.0 Å². The number of nitrogens with zero attached hydrogens (tertiary/aromatic N) is 2. The van der Waals surface area contributed by atoms with E-state index in [-0.39, 0.29) is 6.54 Å². The number of benzene rings is 1. The number of nitrogens with one attached hydrogen (secondary N) is 1. The van der Waals surface area contributed by atoms with Gasteiger partial charge in [0.25, 0.3) is 0 Å². The summed E-state index contributed by atoms with van der Waals surface area (Å²) in [4.78, 5) is 24.1. The predicted octanol–water partition coefficient (Wildman–Crippen LogP) is 2.13. The Labute approximate surface area is 125 Å². The summed E-state index contributed by atoms with van der Waals surface area (Å²) in [5.41, 5.74) is 0.389. The van der Waals surface area contributed by atoms with Crippen LogP contribution in [0.15, 0.2) is 41.1 Å². The Bertz CT molecular complexity index is 630. The minimum absolute atomic E-state index is 0.107. The molecule has 2 N–H and O–H groups in total. The first-order chi connectivity index (χ1) is 10.1. The van der Waals surface area contributed by atoms with Gasteiger partial charge in [0, 0.05) is 16.8 Å². The Morgan fingerprint density at radius 3 is 2.81 bits per heavy atom. The summed E-state index contributed by atoms with van der Waals surface area (Å²) in [6.07, 6.45) is 1.45. The second kappa shape index (κ2) is 6.76. The van der Waals surface area contributed by atoms with E-state index in [0.717, 1.165) is 4.90 Å². The van der Waals surface area contributed by atoms with Gasteiger partial charge in [-0.3, -0.25) is 9.69 Å². The highest BCUT2D eigenvalue weighted by molar-refractivity contribution is 6.30. The molecule has 8 heteroatoms. The third-order valence-electron chi connectivity index (χ3n) is 2.56. The maximum absolute atomic E-state index is 12.1. The molecule has 1 heterocycles. The highest BCUT2D eigenvalue weighted by atomic mass is 35.5. The average molecular weight is 310 g/mol. The van der Waals surface area contributed by atoms with Crippen LogP contribution in [0.1, 0.15) is 5.76 Å². The van der Waals surface area contributed by atoms with Crippen LogP contribution in [0.25, 0.3) is 0 Å². The number of aliphatic carboxylic acids is 1. The number of carboxylic acids is 1. The molecule has 1 aromatic carbocycles. The molecular formula is C13H12ClN3O4. The van der Waals surface area contributed by atoms with Crippen molar-refractivity contribution in [3.8, 4) is 0 Å². The van der Waals surface area contributed by atoms with E-state index in [9.17, 15) is 9.59 Å². The van der Waals surface area contributed by atoms with Crippen LogP contribution in [0.2, 0.25) is 5.02 Å². The van der Waals surface area contributed by atoms with Crippen molar-refractivity contribution in [2.45, 2.75) is 6.54 Å². The third-order valence-corrected chi connectivity index (χ3v) is 2.80. The molecule has 0 saturated carbocycles. The molecule has 0 bridgehead atoms. The molecule has 2 amide bonds. The van der Waals surface area contributed by atoms with Gasteiger partial charge in [0.1, 0.15) is 6.54 Å². The fourth-order valence-electron chi connectivity index (χ4n) is 1.65. The summed E-state index contributed by atoms with van der Waals surface area (Å²) < 4.78 is 4.85. The van der Waals surface area contributed by atoms with Crippen molar-refractivity contribution in [3.63, 3.8) is 0 Å². The zero-order valence-corrected chi connectivity index (χ0v) is 11.6.